The number of nitrogens with one attached hydrogen (secondary N) is 2. The van der Waals surface area contributed by atoms with Gasteiger partial charge < -0.3 is 25.2 Å². The van der Waals surface area contributed by atoms with Crippen molar-refractivity contribution in [2.75, 3.05) is 50.1 Å². The van der Waals surface area contributed by atoms with Crippen LogP contribution in [0, 0.1) is 12.7 Å². The van der Waals surface area contributed by atoms with Gasteiger partial charge in [0, 0.05) is 37.6 Å². The fraction of sp³-hybridized carbons (Fsp3) is 0.435. The van der Waals surface area contributed by atoms with Gasteiger partial charge in [-0.05, 0) is 61.9 Å². The van der Waals surface area contributed by atoms with Gasteiger partial charge in [-0.15, -0.1) is 0 Å². The van der Waals surface area contributed by atoms with Gasteiger partial charge in [-0.2, -0.15) is 0 Å². The van der Waals surface area contributed by atoms with Crippen LogP contribution in [0.1, 0.15) is 31.0 Å². The summed E-state index contributed by atoms with van der Waals surface area (Å²) in [6.45, 7) is 11.3. The van der Waals surface area contributed by atoms with E-state index in [0.29, 0.717) is 5.56 Å². The minimum atomic E-state index is -0.449. The van der Waals surface area contributed by atoms with Crippen LogP contribution in [0.2, 0.25) is 0 Å². The molecule has 0 bridgehead atoms. The lowest BCUT2D eigenvalue weighted by atomic mass is 10.1. The molecule has 0 spiro atoms. The first kappa shape index (κ1) is 21.9. The molecular weight excluding hydrogens is 383 g/mol. The Morgan fingerprint density at radius 1 is 1.17 bits per heavy atom. The Hall–Kier alpha value is -2.80. The number of benzene rings is 2. The average molecular weight is 415 g/mol. The number of nitrogens with zero attached hydrogens (tertiary/aromatic N) is 2. The highest BCUT2D eigenvalue weighted by Crippen LogP contribution is 2.25. The fourth-order valence-electron chi connectivity index (χ4n) is 3.79. The van der Waals surface area contributed by atoms with Crippen LogP contribution in [0.5, 0.6) is 5.75 Å². The molecule has 0 unspecified atom stereocenters. The molecule has 0 radical (unpaired) electrons. The first-order valence-corrected chi connectivity index (χ1v) is 10.4. The van der Waals surface area contributed by atoms with Crippen LogP contribution in [0.15, 0.2) is 36.4 Å². The Kier molecular flexibility index (Phi) is 7.15. The summed E-state index contributed by atoms with van der Waals surface area (Å²) >= 11 is 0. The molecule has 1 fully saturated rings. The van der Waals surface area contributed by atoms with E-state index in [2.05, 4.69) is 40.3 Å². The smallest absolute Gasteiger partial charge is 0.319 e. The second-order valence-corrected chi connectivity index (χ2v) is 7.64. The van der Waals surface area contributed by atoms with Gasteiger partial charge in [-0.3, -0.25) is 0 Å². The molecule has 1 saturated heterocycles. The first-order chi connectivity index (χ1) is 14.4. The minimum absolute atomic E-state index is 0.182. The minimum Gasteiger partial charge on any atom is -0.494 e. The maximum Gasteiger partial charge on any atom is 0.319 e. The number of aryl methyl sites for hydroxylation is 1. The summed E-state index contributed by atoms with van der Waals surface area (Å²) in [5, 5.41) is 5.72. The highest BCUT2D eigenvalue weighted by atomic mass is 19.1. The molecule has 162 valence electrons. The van der Waals surface area contributed by atoms with Gasteiger partial charge in [-0.25, -0.2) is 9.18 Å². The van der Waals surface area contributed by atoms with Crippen LogP contribution in [-0.2, 0) is 0 Å². The van der Waals surface area contributed by atoms with Gasteiger partial charge in [0.05, 0.1) is 13.2 Å². The lowest BCUT2D eigenvalue weighted by Crippen LogP contribution is -2.46. The van der Waals surface area contributed by atoms with Crippen LogP contribution in [-0.4, -0.2) is 50.8 Å². The van der Waals surface area contributed by atoms with Crippen LogP contribution in [0.3, 0.4) is 0 Å². The molecule has 1 atom stereocenters. The van der Waals surface area contributed by atoms with E-state index in [-0.39, 0.29) is 17.8 Å². The molecule has 1 aliphatic heterocycles. The summed E-state index contributed by atoms with van der Waals surface area (Å²) in [7, 11) is 1.42. The summed E-state index contributed by atoms with van der Waals surface area (Å²) in [4.78, 5) is 17.3. The number of urea groups is 1. The van der Waals surface area contributed by atoms with E-state index in [1.165, 1.54) is 18.9 Å². The quantitative estimate of drug-likeness (QED) is 0.745. The number of methoxy groups -OCH3 is 1. The number of piperazine rings is 1. The van der Waals surface area contributed by atoms with Crippen molar-refractivity contribution in [3.63, 3.8) is 0 Å². The van der Waals surface area contributed by atoms with Crippen molar-refractivity contribution < 1.29 is 13.9 Å². The second kappa shape index (κ2) is 9.80. The molecule has 2 aromatic carbocycles. The highest BCUT2D eigenvalue weighted by molar-refractivity contribution is 5.90. The number of carbonyl (C=O) groups is 1. The zero-order valence-electron chi connectivity index (χ0n) is 18.2. The number of hydrogen-bond acceptors (Lipinski definition) is 4. The predicted octanol–water partition coefficient (Wildman–Crippen LogP) is 4.17. The molecule has 3 rings (SSSR count). The van der Waals surface area contributed by atoms with E-state index in [0.717, 1.165) is 44.0 Å². The SMILES string of the molecule is CCN1CCN(c2ccc(NC(=O)N[C@H](C)c3ccc(OC)c(F)c3)cc2C)CC1. The zero-order valence-corrected chi connectivity index (χ0v) is 18.2. The number of ether oxygens (including phenoxy) is 1. The molecule has 30 heavy (non-hydrogen) atoms. The Bertz CT molecular complexity index is 882. The third-order valence-corrected chi connectivity index (χ3v) is 5.64. The van der Waals surface area contributed by atoms with Gasteiger partial charge in [0.1, 0.15) is 0 Å². The van der Waals surface area contributed by atoms with Crippen LogP contribution in [0.25, 0.3) is 0 Å². The molecule has 2 aromatic rings. The van der Waals surface area contributed by atoms with Crippen LogP contribution < -0.4 is 20.3 Å². The van der Waals surface area contributed by atoms with Crippen LogP contribution in [0.4, 0.5) is 20.6 Å². The van der Waals surface area contributed by atoms with E-state index in [1.807, 2.05) is 19.1 Å². The molecule has 0 aromatic heterocycles. The third-order valence-electron chi connectivity index (χ3n) is 5.64. The van der Waals surface area contributed by atoms with Crippen molar-refractivity contribution in [1.29, 1.82) is 0 Å². The maximum atomic E-state index is 13.9. The molecular formula is C23H31FN4O2. The van der Waals surface area contributed by atoms with Gasteiger partial charge >= 0.3 is 6.03 Å². The van der Waals surface area contributed by atoms with E-state index in [9.17, 15) is 9.18 Å². The number of carbonyl (C=O) groups excluding carboxylic acids is 1. The summed E-state index contributed by atoms with van der Waals surface area (Å²) in [5.74, 6) is -0.267. The van der Waals surface area contributed by atoms with E-state index >= 15 is 0 Å². The zero-order chi connectivity index (χ0) is 21.7. The van der Waals surface area contributed by atoms with Crippen LogP contribution >= 0.6 is 0 Å². The summed E-state index contributed by atoms with van der Waals surface area (Å²) in [6.07, 6.45) is 0. The number of anilines is 2. The Morgan fingerprint density at radius 2 is 1.90 bits per heavy atom. The largest absolute Gasteiger partial charge is 0.494 e. The normalized spacial score (nSPS) is 15.6. The van der Waals surface area contributed by atoms with Gasteiger partial charge in [0.2, 0.25) is 0 Å². The molecule has 1 aliphatic rings. The van der Waals surface area contributed by atoms with Crippen molar-refractivity contribution in [2.24, 2.45) is 0 Å². The molecule has 6 nitrogen and oxygen atoms in total. The highest BCUT2D eigenvalue weighted by Gasteiger charge is 2.18. The van der Waals surface area contributed by atoms with Crippen molar-refractivity contribution in [3.8, 4) is 5.75 Å². The van der Waals surface area contributed by atoms with E-state index in [1.54, 1.807) is 12.1 Å². The first-order valence-electron chi connectivity index (χ1n) is 10.4. The summed E-state index contributed by atoms with van der Waals surface area (Å²) < 4.78 is 18.8. The number of hydrogen-bond donors (Lipinski definition) is 2. The standard InChI is InChI=1S/C23H31FN4O2/c1-5-27-10-12-28(13-11-27)21-8-7-19(14-16(21)2)26-23(29)25-17(3)18-6-9-22(30-4)20(24)15-18/h6-9,14-15,17H,5,10-13H2,1-4H3,(H2,25,26,29)/t17-/m1/s1. The Labute approximate surface area is 178 Å². The lowest BCUT2D eigenvalue weighted by molar-refractivity contribution is 0.249. The molecule has 0 saturated carbocycles. The third kappa shape index (κ3) is 5.21. The van der Waals surface area contributed by atoms with Crippen molar-refractivity contribution in [2.45, 2.75) is 26.8 Å². The van der Waals surface area contributed by atoms with Crippen molar-refractivity contribution in [1.82, 2.24) is 10.2 Å². The number of halogens is 1. The maximum absolute atomic E-state index is 13.9. The molecule has 7 heteroatoms. The summed E-state index contributed by atoms with van der Waals surface area (Å²) in [5.41, 5.74) is 3.73. The lowest BCUT2D eigenvalue weighted by Gasteiger charge is -2.36. The van der Waals surface area contributed by atoms with E-state index < -0.39 is 5.82 Å². The molecule has 0 aliphatic carbocycles. The fourth-order valence-corrected chi connectivity index (χ4v) is 3.79. The number of likely N-dealkylation sites (N-methyl/N-ethyl adjacent to an activating group) is 1. The van der Waals surface area contributed by atoms with Gasteiger partial charge in [-0.1, -0.05) is 13.0 Å². The van der Waals surface area contributed by atoms with Gasteiger partial charge in [0.15, 0.2) is 11.6 Å². The summed E-state index contributed by atoms with van der Waals surface area (Å²) in [6, 6.07) is 9.97. The molecule has 1 heterocycles. The molecule has 2 amide bonds. The van der Waals surface area contributed by atoms with Crippen molar-refractivity contribution in [3.05, 3.63) is 53.3 Å². The topological polar surface area (TPSA) is 56.8 Å². The number of rotatable bonds is 6. The monoisotopic (exact) mass is 414 g/mol. The van der Waals surface area contributed by atoms with E-state index in [4.69, 9.17) is 4.74 Å². The second-order valence-electron chi connectivity index (χ2n) is 7.64. The van der Waals surface area contributed by atoms with Gasteiger partial charge in [0.25, 0.3) is 0 Å². The Balaban J connectivity index is 1.59. The predicted molar refractivity (Wildman–Crippen MR) is 119 cm³/mol. The molecule has 2 N–H and O–H groups in total. The average Bonchev–Trinajstić information content (AvgIpc) is 2.73. The Morgan fingerprint density at radius 3 is 2.50 bits per heavy atom. The number of amides is 2. The van der Waals surface area contributed by atoms with Crippen molar-refractivity contribution >= 4 is 17.4 Å².